The summed E-state index contributed by atoms with van der Waals surface area (Å²) in [7, 11) is 0. The molecule has 0 aromatic heterocycles. The lowest BCUT2D eigenvalue weighted by atomic mass is 9.83. The van der Waals surface area contributed by atoms with E-state index < -0.39 is 23.3 Å². The lowest BCUT2D eigenvalue weighted by molar-refractivity contribution is 0.401. The monoisotopic (exact) mass is 480 g/mol. The van der Waals surface area contributed by atoms with Gasteiger partial charge in [-0.3, -0.25) is 0 Å². The first-order valence-electron chi connectivity index (χ1n) is 12.3. The van der Waals surface area contributed by atoms with Crippen molar-refractivity contribution in [2.75, 3.05) is 6.61 Å². The number of aryl methyl sites for hydroxylation is 2. The molecule has 0 N–H and O–H groups in total. The molecule has 1 aliphatic carbocycles. The molecule has 2 unspecified atom stereocenters. The molecule has 2 aliphatic rings. The van der Waals surface area contributed by atoms with E-state index in [2.05, 4.69) is 0 Å². The summed E-state index contributed by atoms with van der Waals surface area (Å²) in [6.07, 6.45) is 5.79. The lowest BCUT2D eigenvalue weighted by Gasteiger charge is -2.23. The highest BCUT2D eigenvalue weighted by molar-refractivity contribution is 5.67. The van der Waals surface area contributed by atoms with Crippen LogP contribution in [0, 0.1) is 29.2 Å². The minimum atomic E-state index is -0.824. The molecular weight excluding hydrogens is 452 g/mol. The summed E-state index contributed by atoms with van der Waals surface area (Å²) in [4.78, 5) is 0. The molecule has 5 rings (SSSR count). The van der Waals surface area contributed by atoms with Crippen LogP contribution in [0.2, 0.25) is 0 Å². The van der Waals surface area contributed by atoms with Gasteiger partial charge in [0.2, 0.25) is 0 Å². The van der Waals surface area contributed by atoms with Crippen LogP contribution in [0.15, 0.2) is 54.6 Å². The summed E-state index contributed by atoms with van der Waals surface area (Å²) in [6.45, 7) is 2.48. The van der Waals surface area contributed by atoms with Gasteiger partial charge < -0.3 is 4.74 Å². The number of hydrogen-bond donors (Lipinski definition) is 0. The molecule has 1 heterocycles. The number of epoxide rings is 1. The molecule has 0 bridgehead atoms. The fourth-order valence-corrected chi connectivity index (χ4v) is 4.97. The molecule has 182 valence electrons. The molecule has 2 atom stereocenters. The second kappa shape index (κ2) is 9.98. The van der Waals surface area contributed by atoms with E-state index in [0.717, 1.165) is 24.0 Å². The van der Waals surface area contributed by atoms with Gasteiger partial charge in [0.15, 0.2) is 23.3 Å². The molecule has 1 saturated heterocycles. The summed E-state index contributed by atoms with van der Waals surface area (Å²) in [5.74, 6) is -2.95. The van der Waals surface area contributed by atoms with Gasteiger partial charge in [0.25, 0.3) is 0 Å². The van der Waals surface area contributed by atoms with E-state index in [1.807, 2.05) is 37.3 Å². The predicted octanol–water partition coefficient (Wildman–Crippen LogP) is 8.36. The average molecular weight is 481 g/mol. The van der Waals surface area contributed by atoms with E-state index >= 15 is 0 Å². The quantitative estimate of drug-likeness (QED) is 0.244. The SMILES string of the molecule is CCc1ccc(-c2ccc(CCC3CC=C(c4ccc(C5CO5)c(F)c4F)CC3)c(F)c2F)cc1. The molecule has 3 aromatic carbocycles. The first-order valence-corrected chi connectivity index (χ1v) is 12.3. The number of halogens is 4. The van der Waals surface area contributed by atoms with Crippen molar-refractivity contribution >= 4 is 5.57 Å². The van der Waals surface area contributed by atoms with E-state index in [9.17, 15) is 17.6 Å². The van der Waals surface area contributed by atoms with Gasteiger partial charge in [0.05, 0.1) is 6.61 Å². The summed E-state index contributed by atoms with van der Waals surface area (Å²) in [5, 5.41) is 0. The van der Waals surface area contributed by atoms with Crippen molar-refractivity contribution in [1.82, 2.24) is 0 Å². The summed E-state index contributed by atoms with van der Waals surface area (Å²) in [6, 6.07) is 14.1. The van der Waals surface area contributed by atoms with Gasteiger partial charge in [0, 0.05) is 16.7 Å². The third kappa shape index (κ3) is 4.92. The molecular formula is C30H28F4O. The summed E-state index contributed by atoms with van der Waals surface area (Å²) >= 11 is 0. The van der Waals surface area contributed by atoms with Crippen LogP contribution in [0.25, 0.3) is 16.7 Å². The molecule has 3 aromatic rings. The maximum absolute atomic E-state index is 14.8. The van der Waals surface area contributed by atoms with Crippen LogP contribution in [0.1, 0.15) is 61.0 Å². The third-order valence-electron chi connectivity index (χ3n) is 7.32. The fraction of sp³-hybridized carbons (Fsp3) is 0.333. The first kappa shape index (κ1) is 23.8. The minimum absolute atomic E-state index is 0.271. The van der Waals surface area contributed by atoms with E-state index in [1.54, 1.807) is 24.3 Å². The molecule has 0 amide bonds. The number of rotatable bonds is 7. The average Bonchev–Trinajstić information content (AvgIpc) is 3.72. The highest BCUT2D eigenvalue weighted by Gasteiger charge is 2.30. The predicted molar refractivity (Wildman–Crippen MR) is 130 cm³/mol. The highest BCUT2D eigenvalue weighted by atomic mass is 19.2. The Balaban J connectivity index is 1.23. The zero-order valence-corrected chi connectivity index (χ0v) is 19.7. The molecule has 0 spiro atoms. The van der Waals surface area contributed by atoms with E-state index in [1.165, 1.54) is 0 Å². The Morgan fingerprint density at radius 3 is 2.20 bits per heavy atom. The van der Waals surface area contributed by atoms with Crippen LogP contribution >= 0.6 is 0 Å². The standard InChI is InChI=1S/C30H28F4O/c1-2-18-3-8-20(9-4-18)23-14-13-22(27(31)28(23)32)12-7-19-5-10-21(11-6-19)24-15-16-25(26-17-35-26)30(34)29(24)33/h3-4,8-10,13-16,19,26H,2,5-7,11-12,17H2,1H3. The van der Waals surface area contributed by atoms with Gasteiger partial charge in [-0.1, -0.05) is 61.5 Å². The van der Waals surface area contributed by atoms with Crippen LogP contribution in [-0.2, 0) is 17.6 Å². The van der Waals surface area contributed by atoms with Crippen LogP contribution in [-0.4, -0.2) is 6.61 Å². The normalized spacial score (nSPS) is 19.5. The molecule has 1 fully saturated rings. The van der Waals surface area contributed by atoms with Crippen LogP contribution in [0.3, 0.4) is 0 Å². The second-order valence-electron chi connectivity index (χ2n) is 9.51. The van der Waals surface area contributed by atoms with Gasteiger partial charge in [0.1, 0.15) is 6.10 Å². The second-order valence-corrected chi connectivity index (χ2v) is 9.51. The van der Waals surface area contributed by atoms with Crippen LogP contribution in [0.4, 0.5) is 17.6 Å². The summed E-state index contributed by atoms with van der Waals surface area (Å²) < 4.78 is 63.8. The Hall–Kier alpha value is -2.92. The van der Waals surface area contributed by atoms with Crippen molar-refractivity contribution in [3.8, 4) is 11.1 Å². The zero-order chi connectivity index (χ0) is 24.5. The zero-order valence-electron chi connectivity index (χ0n) is 19.7. The Morgan fingerprint density at radius 1 is 0.829 bits per heavy atom. The molecule has 0 radical (unpaired) electrons. The van der Waals surface area contributed by atoms with E-state index in [4.69, 9.17) is 4.74 Å². The van der Waals surface area contributed by atoms with Crippen molar-refractivity contribution < 1.29 is 22.3 Å². The maximum atomic E-state index is 14.8. The van der Waals surface area contributed by atoms with Crippen LogP contribution < -0.4 is 0 Å². The number of benzene rings is 3. The first-order chi connectivity index (χ1) is 17.0. The van der Waals surface area contributed by atoms with Crippen molar-refractivity contribution in [3.63, 3.8) is 0 Å². The number of ether oxygens (including phenoxy) is 1. The Labute approximate surface area is 203 Å². The van der Waals surface area contributed by atoms with E-state index in [0.29, 0.717) is 49.0 Å². The third-order valence-corrected chi connectivity index (χ3v) is 7.32. The topological polar surface area (TPSA) is 12.5 Å². The van der Waals surface area contributed by atoms with Gasteiger partial charge in [-0.15, -0.1) is 0 Å². The van der Waals surface area contributed by atoms with Gasteiger partial charge in [-0.05, 0) is 66.7 Å². The smallest absolute Gasteiger partial charge is 0.166 e. The van der Waals surface area contributed by atoms with Crippen molar-refractivity contribution in [2.45, 2.75) is 51.6 Å². The number of allylic oxidation sites excluding steroid dienone is 2. The van der Waals surface area contributed by atoms with Crippen molar-refractivity contribution in [3.05, 3.63) is 100 Å². The number of hydrogen-bond acceptors (Lipinski definition) is 1. The fourth-order valence-electron chi connectivity index (χ4n) is 4.97. The Kier molecular flexibility index (Phi) is 6.79. The van der Waals surface area contributed by atoms with Gasteiger partial charge in [-0.2, -0.15) is 0 Å². The van der Waals surface area contributed by atoms with Crippen molar-refractivity contribution in [1.29, 1.82) is 0 Å². The lowest BCUT2D eigenvalue weighted by Crippen LogP contribution is -2.09. The highest BCUT2D eigenvalue weighted by Crippen LogP contribution is 2.38. The molecule has 1 aliphatic heterocycles. The molecule has 35 heavy (non-hydrogen) atoms. The van der Waals surface area contributed by atoms with Gasteiger partial charge in [-0.25, -0.2) is 17.6 Å². The Bertz CT molecular complexity index is 1260. The molecule has 0 saturated carbocycles. The molecule has 5 heteroatoms. The maximum Gasteiger partial charge on any atom is 0.166 e. The van der Waals surface area contributed by atoms with Gasteiger partial charge >= 0.3 is 0 Å². The minimum Gasteiger partial charge on any atom is -0.368 e. The summed E-state index contributed by atoms with van der Waals surface area (Å²) in [5.41, 5.74) is 3.84. The van der Waals surface area contributed by atoms with E-state index in [-0.39, 0.29) is 23.1 Å². The molecule has 1 nitrogen and oxygen atoms in total. The Morgan fingerprint density at radius 2 is 1.54 bits per heavy atom. The largest absolute Gasteiger partial charge is 0.368 e. The van der Waals surface area contributed by atoms with Crippen molar-refractivity contribution in [2.24, 2.45) is 5.92 Å². The van der Waals surface area contributed by atoms with Crippen LogP contribution in [0.5, 0.6) is 0 Å².